The summed E-state index contributed by atoms with van der Waals surface area (Å²) in [5.41, 5.74) is 4.77. The average molecular weight is 410 g/mol. The fourth-order valence-electron chi connectivity index (χ4n) is 2.15. The van der Waals surface area contributed by atoms with Crippen molar-refractivity contribution in [2.45, 2.75) is 6.92 Å². The van der Waals surface area contributed by atoms with E-state index in [1.807, 2.05) is 24.3 Å². The number of hydrazone groups is 1. The number of hydrogen-bond donors (Lipinski definition) is 1. The fourth-order valence-corrected chi connectivity index (χ4v) is 3.14. The minimum atomic E-state index is -0.527. The lowest BCUT2D eigenvalue weighted by Gasteiger charge is -2.07. The van der Waals surface area contributed by atoms with Crippen molar-refractivity contribution in [3.05, 3.63) is 68.9 Å². The number of rotatable bonds is 4. The molecular weight excluding hydrogens is 399 g/mol. The molecule has 0 radical (unpaired) electrons. The van der Waals surface area contributed by atoms with Gasteiger partial charge in [-0.2, -0.15) is 5.10 Å². The lowest BCUT2D eigenvalue weighted by atomic mass is 10.1. The largest absolute Gasteiger partial charge is 0.274 e. The predicted octanol–water partition coefficient (Wildman–Crippen LogP) is 3.78. The molecular formula is C16H11Cl3N6O. The molecule has 0 aliphatic heterocycles. The molecule has 0 aliphatic rings. The van der Waals surface area contributed by atoms with Crippen LogP contribution < -0.4 is 5.43 Å². The molecule has 0 aliphatic carbocycles. The molecule has 3 aromatic rings. The summed E-state index contributed by atoms with van der Waals surface area (Å²) in [5.74, 6) is -0.527. The van der Waals surface area contributed by atoms with Crippen LogP contribution in [0.1, 0.15) is 22.8 Å². The monoisotopic (exact) mass is 408 g/mol. The van der Waals surface area contributed by atoms with Crippen molar-refractivity contribution in [3.63, 3.8) is 0 Å². The quantitative estimate of drug-likeness (QED) is 0.525. The number of carbonyl (C=O) groups excluding carboxylic acids is 1. The zero-order chi connectivity index (χ0) is 18.7. The molecule has 3 rings (SSSR count). The van der Waals surface area contributed by atoms with Gasteiger partial charge in [0.05, 0.1) is 27.0 Å². The Morgan fingerprint density at radius 2 is 1.77 bits per heavy atom. The third kappa shape index (κ3) is 4.01. The minimum absolute atomic E-state index is 0.114. The third-order valence-electron chi connectivity index (χ3n) is 3.46. The van der Waals surface area contributed by atoms with Gasteiger partial charge < -0.3 is 0 Å². The SMILES string of the molecule is C/C(=N\NC(=O)c1c(Cl)cc(Cl)cc1Cl)c1ccc(-n2cnnn2)cc1. The van der Waals surface area contributed by atoms with Gasteiger partial charge in [-0.3, -0.25) is 4.79 Å². The van der Waals surface area contributed by atoms with E-state index in [1.54, 1.807) is 6.92 Å². The van der Waals surface area contributed by atoms with Gasteiger partial charge in [0.15, 0.2) is 0 Å². The molecule has 0 fully saturated rings. The lowest BCUT2D eigenvalue weighted by Crippen LogP contribution is -2.20. The number of amides is 1. The first-order valence-corrected chi connectivity index (χ1v) is 8.42. The van der Waals surface area contributed by atoms with Crippen molar-refractivity contribution in [1.29, 1.82) is 0 Å². The first-order chi connectivity index (χ1) is 12.5. The molecule has 1 N–H and O–H groups in total. The second-order valence-corrected chi connectivity index (χ2v) is 6.43. The van der Waals surface area contributed by atoms with E-state index in [0.29, 0.717) is 10.7 Å². The summed E-state index contributed by atoms with van der Waals surface area (Å²) in [6.45, 7) is 1.76. The maximum Gasteiger partial charge on any atom is 0.274 e. The number of tetrazole rings is 1. The summed E-state index contributed by atoms with van der Waals surface area (Å²) in [4.78, 5) is 12.3. The van der Waals surface area contributed by atoms with Gasteiger partial charge in [-0.25, -0.2) is 10.1 Å². The minimum Gasteiger partial charge on any atom is -0.267 e. The van der Waals surface area contributed by atoms with Gasteiger partial charge >= 0.3 is 0 Å². The van der Waals surface area contributed by atoms with Gasteiger partial charge in [-0.05, 0) is 47.2 Å². The van der Waals surface area contributed by atoms with Crippen LogP contribution in [-0.2, 0) is 0 Å². The number of aromatic nitrogens is 4. The first-order valence-electron chi connectivity index (χ1n) is 7.28. The van der Waals surface area contributed by atoms with Crippen LogP contribution in [0.3, 0.4) is 0 Å². The predicted molar refractivity (Wildman–Crippen MR) is 100 cm³/mol. The van der Waals surface area contributed by atoms with Crippen LogP contribution >= 0.6 is 34.8 Å². The molecule has 0 saturated heterocycles. The van der Waals surface area contributed by atoms with Crippen molar-refractivity contribution >= 4 is 46.4 Å². The molecule has 1 amide bonds. The second kappa shape index (κ2) is 7.82. The van der Waals surface area contributed by atoms with E-state index in [2.05, 4.69) is 26.1 Å². The van der Waals surface area contributed by atoms with Crippen LogP contribution in [0.15, 0.2) is 47.8 Å². The van der Waals surface area contributed by atoms with Crippen LogP contribution in [0.5, 0.6) is 0 Å². The Morgan fingerprint density at radius 3 is 2.35 bits per heavy atom. The molecule has 0 spiro atoms. The van der Waals surface area contributed by atoms with Crippen LogP contribution in [-0.4, -0.2) is 31.8 Å². The van der Waals surface area contributed by atoms with E-state index >= 15 is 0 Å². The first kappa shape index (κ1) is 18.3. The van der Waals surface area contributed by atoms with Gasteiger partial charge in [0.1, 0.15) is 6.33 Å². The number of halogens is 3. The van der Waals surface area contributed by atoms with Crippen molar-refractivity contribution in [1.82, 2.24) is 25.6 Å². The Morgan fingerprint density at radius 1 is 1.12 bits per heavy atom. The summed E-state index contributed by atoms with van der Waals surface area (Å²) in [7, 11) is 0. The number of hydrogen-bond acceptors (Lipinski definition) is 5. The van der Waals surface area contributed by atoms with Crippen LogP contribution in [0.25, 0.3) is 5.69 Å². The third-order valence-corrected chi connectivity index (χ3v) is 4.27. The van der Waals surface area contributed by atoms with Gasteiger partial charge in [0.25, 0.3) is 5.91 Å². The molecule has 1 aromatic heterocycles. The molecule has 0 atom stereocenters. The number of benzene rings is 2. The average Bonchev–Trinajstić information content (AvgIpc) is 3.13. The highest BCUT2D eigenvalue weighted by Crippen LogP contribution is 2.28. The summed E-state index contributed by atoms with van der Waals surface area (Å²) < 4.78 is 1.53. The maximum absolute atomic E-state index is 12.3. The van der Waals surface area contributed by atoms with Gasteiger partial charge in [0, 0.05) is 5.02 Å². The summed E-state index contributed by atoms with van der Waals surface area (Å²) in [5, 5.41) is 15.7. The van der Waals surface area contributed by atoms with E-state index in [0.717, 1.165) is 11.3 Å². The Kier molecular flexibility index (Phi) is 5.51. The molecule has 0 unspecified atom stereocenters. The van der Waals surface area contributed by atoms with E-state index in [4.69, 9.17) is 34.8 Å². The Hall–Kier alpha value is -2.48. The highest BCUT2D eigenvalue weighted by Gasteiger charge is 2.15. The number of nitrogens with zero attached hydrogens (tertiary/aromatic N) is 5. The maximum atomic E-state index is 12.3. The van der Waals surface area contributed by atoms with Crippen molar-refractivity contribution in [2.24, 2.45) is 5.10 Å². The molecule has 0 bridgehead atoms. The van der Waals surface area contributed by atoms with Crippen LogP contribution in [0.4, 0.5) is 0 Å². The van der Waals surface area contributed by atoms with Crippen molar-refractivity contribution < 1.29 is 4.79 Å². The standard InChI is InChI=1S/C16H11Cl3N6O/c1-9(10-2-4-12(5-3-10)25-8-20-23-24-25)21-22-16(26)15-13(18)6-11(17)7-14(15)19/h2-8H,1H3,(H,22,26)/b21-9+. The molecule has 1 heterocycles. The van der Waals surface area contributed by atoms with Gasteiger partial charge in [-0.1, -0.05) is 46.9 Å². The summed E-state index contributed by atoms with van der Waals surface area (Å²) in [6, 6.07) is 10.2. The number of nitrogens with one attached hydrogen (secondary N) is 1. The molecule has 2 aromatic carbocycles. The lowest BCUT2D eigenvalue weighted by molar-refractivity contribution is 0.0955. The number of carbonyl (C=O) groups is 1. The normalized spacial score (nSPS) is 11.5. The Balaban J connectivity index is 1.75. The van der Waals surface area contributed by atoms with E-state index in [1.165, 1.54) is 23.1 Å². The Labute approximate surface area is 163 Å². The molecule has 26 heavy (non-hydrogen) atoms. The second-order valence-electron chi connectivity index (χ2n) is 5.18. The highest BCUT2D eigenvalue weighted by molar-refractivity contribution is 6.42. The van der Waals surface area contributed by atoms with E-state index in [9.17, 15) is 4.79 Å². The zero-order valence-corrected chi connectivity index (χ0v) is 15.6. The summed E-state index contributed by atoms with van der Waals surface area (Å²) in [6.07, 6.45) is 1.50. The molecule has 132 valence electrons. The van der Waals surface area contributed by atoms with E-state index in [-0.39, 0.29) is 15.6 Å². The van der Waals surface area contributed by atoms with E-state index < -0.39 is 5.91 Å². The highest BCUT2D eigenvalue weighted by atomic mass is 35.5. The fraction of sp³-hybridized carbons (Fsp3) is 0.0625. The molecule has 7 nitrogen and oxygen atoms in total. The van der Waals surface area contributed by atoms with Gasteiger partial charge in [0.2, 0.25) is 0 Å². The van der Waals surface area contributed by atoms with Crippen LogP contribution in [0.2, 0.25) is 15.1 Å². The summed E-state index contributed by atoms with van der Waals surface area (Å²) >= 11 is 17.9. The van der Waals surface area contributed by atoms with Crippen LogP contribution in [0, 0.1) is 0 Å². The van der Waals surface area contributed by atoms with Gasteiger partial charge in [-0.15, -0.1) is 5.10 Å². The van der Waals surface area contributed by atoms with Crippen molar-refractivity contribution in [2.75, 3.05) is 0 Å². The molecule has 10 heteroatoms. The molecule has 0 saturated carbocycles. The topological polar surface area (TPSA) is 85.1 Å². The Bertz CT molecular complexity index is 947. The smallest absolute Gasteiger partial charge is 0.267 e. The zero-order valence-electron chi connectivity index (χ0n) is 13.3. The van der Waals surface area contributed by atoms with Crippen molar-refractivity contribution in [3.8, 4) is 5.69 Å².